The Morgan fingerprint density at radius 1 is 1.19 bits per heavy atom. The standard InChI is InChI=1S/C17H19F2NS/c1-2-8-20-17(12-6-7-13(18)14(19)9-12)16-10-11-4-3-5-15(11)21-16/h6-7,9-10,17,20H,2-5,8H2,1H3. The molecule has 1 atom stereocenters. The molecule has 0 saturated heterocycles. The minimum atomic E-state index is -0.790. The normalized spacial score (nSPS) is 15.2. The maximum Gasteiger partial charge on any atom is 0.159 e. The fourth-order valence-corrected chi connectivity index (χ4v) is 4.22. The summed E-state index contributed by atoms with van der Waals surface area (Å²) in [6, 6.07) is 6.40. The van der Waals surface area contributed by atoms with Crippen molar-refractivity contribution in [2.45, 2.75) is 38.6 Å². The Morgan fingerprint density at radius 3 is 2.76 bits per heavy atom. The lowest BCUT2D eigenvalue weighted by Gasteiger charge is -2.18. The summed E-state index contributed by atoms with van der Waals surface area (Å²) in [4.78, 5) is 2.66. The van der Waals surface area contributed by atoms with Gasteiger partial charge in [-0.15, -0.1) is 11.3 Å². The van der Waals surface area contributed by atoms with Crippen LogP contribution in [0.5, 0.6) is 0 Å². The zero-order valence-electron chi connectivity index (χ0n) is 12.1. The lowest BCUT2D eigenvalue weighted by atomic mass is 10.0. The van der Waals surface area contributed by atoms with Crippen LogP contribution in [0.15, 0.2) is 24.3 Å². The Balaban J connectivity index is 1.94. The van der Waals surface area contributed by atoms with Crippen LogP contribution in [0.4, 0.5) is 8.78 Å². The zero-order valence-corrected chi connectivity index (χ0v) is 12.9. The molecule has 1 nitrogen and oxygen atoms in total. The highest BCUT2D eigenvalue weighted by molar-refractivity contribution is 7.12. The van der Waals surface area contributed by atoms with Gasteiger partial charge in [-0.2, -0.15) is 0 Å². The molecule has 112 valence electrons. The average Bonchev–Trinajstić information content (AvgIpc) is 3.04. The molecule has 0 amide bonds. The largest absolute Gasteiger partial charge is 0.306 e. The van der Waals surface area contributed by atoms with Gasteiger partial charge in [0.2, 0.25) is 0 Å². The first-order valence-electron chi connectivity index (χ1n) is 7.49. The van der Waals surface area contributed by atoms with E-state index in [0.717, 1.165) is 31.4 Å². The summed E-state index contributed by atoms with van der Waals surface area (Å²) in [6.45, 7) is 2.95. The third-order valence-corrected chi connectivity index (χ3v) is 5.23. The van der Waals surface area contributed by atoms with Crippen LogP contribution in [0, 0.1) is 11.6 Å². The van der Waals surface area contributed by atoms with Gasteiger partial charge in [0, 0.05) is 9.75 Å². The number of hydrogen-bond donors (Lipinski definition) is 1. The Hall–Kier alpha value is -1.26. The zero-order chi connectivity index (χ0) is 14.8. The number of rotatable bonds is 5. The third kappa shape index (κ3) is 3.01. The van der Waals surface area contributed by atoms with Crippen molar-refractivity contribution < 1.29 is 8.78 Å². The van der Waals surface area contributed by atoms with E-state index in [4.69, 9.17) is 0 Å². The fourth-order valence-electron chi connectivity index (χ4n) is 2.86. The number of thiophene rings is 1. The molecule has 1 aromatic heterocycles. The third-order valence-electron chi connectivity index (χ3n) is 3.93. The van der Waals surface area contributed by atoms with E-state index in [1.165, 1.54) is 33.9 Å². The molecule has 1 aliphatic carbocycles. The van der Waals surface area contributed by atoms with Gasteiger partial charge in [-0.3, -0.25) is 0 Å². The van der Waals surface area contributed by atoms with E-state index < -0.39 is 11.6 Å². The van der Waals surface area contributed by atoms with Crippen LogP contribution in [0.1, 0.15) is 46.7 Å². The van der Waals surface area contributed by atoms with Crippen LogP contribution in [-0.4, -0.2) is 6.54 Å². The number of aryl methyl sites for hydroxylation is 2. The molecule has 0 aliphatic heterocycles. The van der Waals surface area contributed by atoms with Crippen molar-refractivity contribution in [3.8, 4) is 0 Å². The van der Waals surface area contributed by atoms with Gasteiger partial charge >= 0.3 is 0 Å². The lowest BCUT2D eigenvalue weighted by molar-refractivity contribution is 0.503. The van der Waals surface area contributed by atoms with E-state index in [1.807, 2.05) is 0 Å². The molecule has 0 bridgehead atoms. The van der Waals surface area contributed by atoms with Crippen molar-refractivity contribution in [2.75, 3.05) is 6.54 Å². The fraction of sp³-hybridized carbons (Fsp3) is 0.412. The van der Waals surface area contributed by atoms with Crippen molar-refractivity contribution in [1.29, 1.82) is 0 Å². The van der Waals surface area contributed by atoms with E-state index in [0.29, 0.717) is 0 Å². The van der Waals surface area contributed by atoms with E-state index in [9.17, 15) is 8.78 Å². The van der Waals surface area contributed by atoms with Crippen LogP contribution in [0.25, 0.3) is 0 Å². The van der Waals surface area contributed by atoms with Crippen LogP contribution in [0.3, 0.4) is 0 Å². The Kier molecular flexibility index (Phi) is 4.36. The molecule has 4 heteroatoms. The van der Waals surface area contributed by atoms with Gasteiger partial charge in [0.15, 0.2) is 11.6 Å². The second-order valence-electron chi connectivity index (χ2n) is 5.51. The number of hydrogen-bond acceptors (Lipinski definition) is 2. The number of nitrogens with one attached hydrogen (secondary N) is 1. The average molecular weight is 307 g/mol. The van der Waals surface area contributed by atoms with Crippen LogP contribution in [0.2, 0.25) is 0 Å². The van der Waals surface area contributed by atoms with Crippen molar-refractivity contribution in [1.82, 2.24) is 5.32 Å². The maximum atomic E-state index is 13.5. The highest BCUT2D eigenvalue weighted by atomic mass is 32.1. The summed E-state index contributed by atoms with van der Waals surface area (Å²) in [5.74, 6) is -1.57. The van der Waals surface area contributed by atoms with E-state index in [-0.39, 0.29) is 6.04 Å². The highest BCUT2D eigenvalue weighted by Gasteiger charge is 2.21. The molecular weight excluding hydrogens is 288 g/mol. The number of halogens is 2. The van der Waals surface area contributed by atoms with Crippen LogP contribution in [-0.2, 0) is 12.8 Å². The topological polar surface area (TPSA) is 12.0 Å². The van der Waals surface area contributed by atoms with E-state index >= 15 is 0 Å². The van der Waals surface area contributed by atoms with Gasteiger partial charge in [-0.1, -0.05) is 13.0 Å². The molecule has 0 saturated carbocycles. The van der Waals surface area contributed by atoms with Crippen molar-refractivity contribution in [3.05, 3.63) is 56.8 Å². The first kappa shape index (κ1) is 14.7. The van der Waals surface area contributed by atoms with Crippen molar-refractivity contribution in [2.24, 2.45) is 0 Å². The summed E-state index contributed by atoms with van der Waals surface area (Å²) in [5, 5.41) is 3.46. The Bertz CT molecular complexity index is 614. The predicted octanol–water partition coefficient (Wildman–Crippen LogP) is 4.60. The molecule has 3 rings (SSSR count). The molecule has 21 heavy (non-hydrogen) atoms. The van der Waals surface area contributed by atoms with Gasteiger partial charge in [-0.25, -0.2) is 8.78 Å². The molecule has 1 unspecified atom stereocenters. The summed E-state index contributed by atoms with van der Waals surface area (Å²) in [7, 11) is 0. The monoisotopic (exact) mass is 307 g/mol. The van der Waals surface area contributed by atoms with E-state index in [2.05, 4.69) is 18.3 Å². The first-order valence-corrected chi connectivity index (χ1v) is 8.30. The van der Waals surface area contributed by atoms with Gasteiger partial charge in [0.05, 0.1) is 6.04 Å². The second-order valence-corrected chi connectivity index (χ2v) is 6.68. The molecule has 1 N–H and O–H groups in total. The molecule has 1 aromatic carbocycles. The molecule has 0 fully saturated rings. The van der Waals surface area contributed by atoms with E-state index in [1.54, 1.807) is 17.4 Å². The summed E-state index contributed by atoms with van der Waals surface area (Å²) in [5.41, 5.74) is 2.23. The van der Waals surface area contributed by atoms with Crippen LogP contribution < -0.4 is 5.32 Å². The molecule has 2 aromatic rings. The van der Waals surface area contributed by atoms with Crippen molar-refractivity contribution >= 4 is 11.3 Å². The minimum absolute atomic E-state index is 0.0457. The Labute approximate surface area is 128 Å². The lowest BCUT2D eigenvalue weighted by Crippen LogP contribution is -2.22. The molecule has 0 radical (unpaired) electrons. The number of fused-ring (bicyclic) bond motifs is 1. The van der Waals surface area contributed by atoms with Gasteiger partial charge in [0.25, 0.3) is 0 Å². The molecule has 1 aliphatic rings. The second kappa shape index (κ2) is 6.24. The highest BCUT2D eigenvalue weighted by Crippen LogP contribution is 2.36. The summed E-state index contributed by atoms with van der Waals surface area (Å²) >= 11 is 1.81. The minimum Gasteiger partial charge on any atom is -0.306 e. The maximum absolute atomic E-state index is 13.5. The Morgan fingerprint density at radius 2 is 2.05 bits per heavy atom. The smallest absolute Gasteiger partial charge is 0.159 e. The number of benzene rings is 1. The summed E-state index contributed by atoms with van der Waals surface area (Å²) < 4.78 is 26.7. The van der Waals surface area contributed by atoms with Crippen LogP contribution >= 0.6 is 11.3 Å². The quantitative estimate of drug-likeness (QED) is 0.851. The first-order chi connectivity index (χ1) is 10.2. The SMILES string of the molecule is CCCNC(c1ccc(F)c(F)c1)c1cc2c(s1)CCC2. The van der Waals surface area contributed by atoms with Crippen molar-refractivity contribution in [3.63, 3.8) is 0 Å². The molecule has 0 spiro atoms. The van der Waals surface area contributed by atoms with Gasteiger partial charge in [-0.05, 0) is 61.6 Å². The molecular formula is C17H19F2NS. The predicted molar refractivity (Wildman–Crippen MR) is 82.8 cm³/mol. The van der Waals surface area contributed by atoms with Gasteiger partial charge < -0.3 is 5.32 Å². The van der Waals surface area contributed by atoms with Gasteiger partial charge in [0.1, 0.15) is 0 Å². The summed E-state index contributed by atoms with van der Waals surface area (Å²) in [6.07, 6.45) is 4.54. The molecule has 1 heterocycles.